The SMILES string of the molecule is C.C.C.C.C.C.C.C=C1CCC(C)(c2ccccc2)C(=O)N1.C=C1CCC(F)(c2ccccc2)C(=O)N1.C=C1NC(=O)C(c2ccccc2)CC12CC2.CCCC.CNCCCCCOC.COCCOCCOCCOCCOCCOC.[2H]C1(c2ccc(COC)cc2)CCC(=C)NC1=O. The zero-order chi connectivity index (χ0) is 69.8. The second kappa shape index (κ2) is 59.8. The van der Waals surface area contributed by atoms with Gasteiger partial charge < -0.3 is 64.5 Å². The van der Waals surface area contributed by atoms with Crippen LogP contribution < -0.4 is 26.6 Å². The molecular weight excluding hydrogens is 1280 g/mol. The zero-order valence-electron chi connectivity index (χ0n) is 58.7. The molecule has 101 heavy (non-hydrogen) atoms. The van der Waals surface area contributed by atoms with E-state index in [9.17, 15) is 23.6 Å². The highest BCUT2D eigenvalue weighted by atomic mass is 19.1. The number of benzene rings is 4. The molecule has 0 bridgehead atoms. The van der Waals surface area contributed by atoms with Crippen LogP contribution in [0.3, 0.4) is 0 Å². The second-order valence-electron chi connectivity index (χ2n) is 23.7. The molecule has 5 fully saturated rings. The van der Waals surface area contributed by atoms with Crippen LogP contribution in [0.5, 0.6) is 0 Å². The molecule has 4 atom stereocenters. The number of hydrogen-bond acceptors (Lipinski definition) is 13. The van der Waals surface area contributed by atoms with Crippen molar-refractivity contribution in [2.45, 2.75) is 192 Å². The average molecular weight is 1420 g/mol. The van der Waals surface area contributed by atoms with Gasteiger partial charge in [0, 0.05) is 71.0 Å². The Bertz CT molecular complexity index is 2770. The molecular formula is C83H140FN5O12. The van der Waals surface area contributed by atoms with Crippen LogP contribution in [0.15, 0.2) is 164 Å². The molecule has 0 aromatic heterocycles. The predicted molar refractivity (Wildman–Crippen MR) is 420 cm³/mol. The maximum Gasteiger partial charge on any atom is 0.266 e. The van der Waals surface area contributed by atoms with Gasteiger partial charge in [-0.15, -0.1) is 0 Å². The van der Waals surface area contributed by atoms with E-state index in [0.29, 0.717) is 114 Å². The lowest BCUT2D eigenvalue weighted by molar-refractivity contribution is -0.135. The largest absolute Gasteiger partial charge is 0.385 e. The summed E-state index contributed by atoms with van der Waals surface area (Å²) in [7, 11) is 8.67. The summed E-state index contributed by atoms with van der Waals surface area (Å²) in [6, 6.07) is 35.9. The van der Waals surface area contributed by atoms with E-state index in [4.69, 9.17) is 39.3 Å². The van der Waals surface area contributed by atoms with Gasteiger partial charge in [-0.05, 0) is 119 Å². The summed E-state index contributed by atoms with van der Waals surface area (Å²) in [5, 5.41) is 14.0. The Kier molecular flexibility index (Phi) is 59.6. The van der Waals surface area contributed by atoms with Crippen molar-refractivity contribution in [3.8, 4) is 0 Å². The second-order valence-corrected chi connectivity index (χ2v) is 23.7. The molecule has 1 aliphatic carbocycles. The highest BCUT2D eigenvalue weighted by molar-refractivity contribution is 5.90. The van der Waals surface area contributed by atoms with Crippen LogP contribution in [0.2, 0.25) is 0 Å². The Morgan fingerprint density at radius 3 is 1.37 bits per heavy atom. The van der Waals surface area contributed by atoms with Gasteiger partial charge in [0.1, 0.15) is 0 Å². The van der Waals surface area contributed by atoms with Crippen LogP contribution in [0.1, 0.15) is 204 Å². The molecule has 1 saturated carbocycles. The van der Waals surface area contributed by atoms with Crippen molar-refractivity contribution in [1.29, 1.82) is 0 Å². The molecule has 4 aromatic carbocycles. The Labute approximate surface area is 614 Å². The molecule has 5 N–H and O–H groups in total. The van der Waals surface area contributed by atoms with E-state index in [2.05, 4.69) is 66.7 Å². The van der Waals surface area contributed by atoms with E-state index in [1.807, 2.05) is 98.9 Å². The minimum absolute atomic E-state index is 0. The number of carbonyl (C=O) groups is 4. The van der Waals surface area contributed by atoms with Gasteiger partial charge in [0.05, 0.1) is 89.9 Å². The minimum Gasteiger partial charge on any atom is -0.385 e. The van der Waals surface area contributed by atoms with E-state index in [0.717, 1.165) is 60.5 Å². The molecule has 4 aliphatic heterocycles. The predicted octanol–water partition coefficient (Wildman–Crippen LogP) is 17.2. The van der Waals surface area contributed by atoms with Crippen molar-refractivity contribution in [1.82, 2.24) is 26.6 Å². The molecule has 1 spiro atoms. The van der Waals surface area contributed by atoms with E-state index in [1.54, 1.807) is 58.8 Å². The van der Waals surface area contributed by atoms with E-state index < -0.39 is 22.9 Å². The highest BCUT2D eigenvalue weighted by Gasteiger charge is 2.51. The number of rotatable bonds is 28. The molecule has 4 aromatic rings. The smallest absolute Gasteiger partial charge is 0.266 e. The third-order valence-electron chi connectivity index (χ3n) is 16.3. The van der Waals surface area contributed by atoms with E-state index >= 15 is 0 Å². The molecule has 9 rings (SSSR count). The number of piperidine rings is 4. The van der Waals surface area contributed by atoms with Gasteiger partial charge in [-0.3, -0.25) is 19.2 Å². The van der Waals surface area contributed by atoms with Crippen LogP contribution in [0.4, 0.5) is 4.39 Å². The molecule has 5 aliphatic rings. The Morgan fingerprint density at radius 2 is 0.941 bits per heavy atom. The first-order valence-electron chi connectivity index (χ1n) is 33.6. The summed E-state index contributed by atoms with van der Waals surface area (Å²) in [5.74, 6) is -1.93. The lowest BCUT2D eigenvalue weighted by atomic mass is 9.75. The molecule has 4 heterocycles. The Morgan fingerprint density at radius 1 is 0.495 bits per heavy atom. The highest BCUT2D eigenvalue weighted by Crippen LogP contribution is 2.58. The minimum atomic E-state index is -1.90. The van der Waals surface area contributed by atoms with Gasteiger partial charge in [-0.1, -0.05) is 220 Å². The number of unbranched alkanes of at least 4 members (excludes halogenated alkanes) is 3. The number of ether oxygens (including phenoxy) is 8. The Balaban J connectivity index is -0.000000363. The number of carbonyl (C=O) groups excluding carboxylic acids is 4. The summed E-state index contributed by atoms with van der Waals surface area (Å²) < 4.78 is 63.5. The lowest BCUT2D eigenvalue weighted by Gasteiger charge is -2.33. The first kappa shape index (κ1) is 101. The molecule has 4 saturated heterocycles. The first-order valence-corrected chi connectivity index (χ1v) is 33.1. The van der Waals surface area contributed by atoms with Gasteiger partial charge in [-0.2, -0.15) is 0 Å². The van der Waals surface area contributed by atoms with Crippen LogP contribution in [-0.4, -0.2) is 138 Å². The maximum atomic E-state index is 14.4. The maximum absolute atomic E-state index is 14.4. The number of halogens is 1. The van der Waals surface area contributed by atoms with Gasteiger partial charge in [0.15, 0.2) is 0 Å². The summed E-state index contributed by atoms with van der Waals surface area (Å²) in [6.45, 7) is 30.0. The zero-order valence-corrected chi connectivity index (χ0v) is 57.7. The topological polar surface area (TPSA) is 202 Å². The van der Waals surface area contributed by atoms with Crippen LogP contribution in [0, 0.1) is 5.41 Å². The number of allylic oxidation sites excluding steroid dienone is 4. The number of amides is 4. The fraction of sp³-hybridized carbons (Fsp3) is 0.566. The lowest BCUT2D eigenvalue weighted by Crippen LogP contribution is -2.45. The summed E-state index contributed by atoms with van der Waals surface area (Å²) >= 11 is 0. The first-order chi connectivity index (χ1) is 45.8. The van der Waals surface area contributed by atoms with E-state index in [-0.39, 0.29) is 87.5 Å². The van der Waals surface area contributed by atoms with Gasteiger partial charge >= 0.3 is 0 Å². The number of hydrogen-bond donors (Lipinski definition) is 5. The molecule has 4 unspecified atom stereocenters. The fourth-order valence-corrected chi connectivity index (χ4v) is 9.98. The summed E-state index contributed by atoms with van der Waals surface area (Å²) in [5.41, 5.74) is 5.32. The molecule has 18 heteroatoms. The normalized spacial score (nSPS) is 19.4. The standard InChI is InChI=1S/C14H17NO2.C14H15NO.C13H15NO.C12H12FNO.C12H26O6.C7H17NO.C4H10.7CH4/c1-10-3-8-13(14(16)15-10)12-6-4-11(5-7-12)9-17-2;1-10-14(7-8-14)9-12(13(16)15-10)11-5-3-2-4-6-11;1-10-8-9-13(2,12(15)14-10)11-6-4-3-5-7-11;1-9-7-8-12(13,11(15)14-9)10-5-3-2-4-6-10;1-13-3-5-15-7-9-17-11-12-18-10-8-16-6-4-14-2;1-8-6-4-3-5-7-9-2;1-3-4-2;;;;;;;/h4-7,13H,1,3,8-9H2,2H3,(H,15,16);2-6,12H,1,7-9H2,(H,15,16);3-7H,1,8-9H2,2H3,(H,14,15);2-6H,1,7-8H2,(H,14,15);3-12H2,1-2H3;8H,3-7H2,1-2H3;3-4H2,1-2H3;7*1H4/i13D;;;;;;;;;;;;;. The summed E-state index contributed by atoms with van der Waals surface area (Å²) in [6.07, 6.45) is 13.1. The fourth-order valence-electron chi connectivity index (χ4n) is 9.98. The van der Waals surface area contributed by atoms with Crippen molar-refractivity contribution in [3.05, 3.63) is 192 Å². The number of alkyl halides is 1. The Hall–Kier alpha value is -6.71. The van der Waals surface area contributed by atoms with Crippen molar-refractivity contribution in [2.24, 2.45) is 5.41 Å². The third-order valence-corrected chi connectivity index (χ3v) is 16.3. The molecule has 17 nitrogen and oxygen atoms in total. The van der Waals surface area contributed by atoms with Gasteiger partial charge in [0.25, 0.3) is 5.91 Å². The van der Waals surface area contributed by atoms with Crippen LogP contribution in [0.25, 0.3) is 0 Å². The molecule has 0 radical (unpaired) electrons. The monoisotopic (exact) mass is 1420 g/mol. The molecule has 4 amide bonds. The number of nitrogens with one attached hydrogen (secondary N) is 5. The quantitative estimate of drug-likeness (QED) is 0.0337. The third kappa shape index (κ3) is 38.9. The van der Waals surface area contributed by atoms with Crippen LogP contribution in [-0.2, 0) is 74.8 Å². The van der Waals surface area contributed by atoms with Crippen molar-refractivity contribution >= 4 is 23.6 Å². The van der Waals surface area contributed by atoms with Crippen molar-refractivity contribution in [2.75, 3.05) is 115 Å². The van der Waals surface area contributed by atoms with Crippen LogP contribution >= 0.6 is 0 Å². The summed E-state index contributed by atoms with van der Waals surface area (Å²) in [4.78, 5) is 47.4. The van der Waals surface area contributed by atoms with Gasteiger partial charge in [0.2, 0.25) is 23.4 Å². The molecule has 576 valence electrons. The van der Waals surface area contributed by atoms with Crippen molar-refractivity contribution < 1.29 is 62.8 Å². The van der Waals surface area contributed by atoms with Gasteiger partial charge in [-0.25, -0.2) is 4.39 Å². The average Bonchev–Trinajstić information content (AvgIpc) is 1.57. The van der Waals surface area contributed by atoms with Crippen molar-refractivity contribution in [3.63, 3.8) is 0 Å². The number of methoxy groups -OCH3 is 4. The van der Waals surface area contributed by atoms with E-state index in [1.165, 1.54) is 44.9 Å².